The average molecular weight is 309 g/mol. The quantitative estimate of drug-likeness (QED) is 0.811. The van der Waals surface area contributed by atoms with Crippen LogP contribution in [-0.4, -0.2) is 31.1 Å². The Labute approximate surface area is 137 Å². The summed E-state index contributed by atoms with van der Waals surface area (Å²) in [6.07, 6.45) is 0. The van der Waals surface area contributed by atoms with Crippen molar-refractivity contribution in [3.8, 4) is 0 Å². The van der Waals surface area contributed by atoms with Gasteiger partial charge in [-0.2, -0.15) is 0 Å². The fourth-order valence-electron chi connectivity index (χ4n) is 3.48. The minimum absolute atomic E-state index is 0.0921. The van der Waals surface area contributed by atoms with Gasteiger partial charge in [0.05, 0.1) is 13.0 Å². The number of benzene rings is 2. The molecule has 0 radical (unpaired) electrons. The minimum Gasteiger partial charge on any atom is -0.469 e. The van der Waals surface area contributed by atoms with E-state index in [9.17, 15) is 4.79 Å². The molecule has 23 heavy (non-hydrogen) atoms. The van der Waals surface area contributed by atoms with Gasteiger partial charge < -0.3 is 4.74 Å². The molecule has 3 rings (SSSR count). The fourth-order valence-corrected chi connectivity index (χ4v) is 3.48. The Hall–Kier alpha value is -2.13. The highest BCUT2D eigenvalue weighted by Crippen LogP contribution is 2.34. The van der Waals surface area contributed by atoms with Crippen LogP contribution in [0.5, 0.6) is 0 Å². The van der Waals surface area contributed by atoms with Gasteiger partial charge in [-0.3, -0.25) is 9.69 Å². The van der Waals surface area contributed by atoms with Gasteiger partial charge >= 0.3 is 5.97 Å². The zero-order valence-electron chi connectivity index (χ0n) is 13.7. The van der Waals surface area contributed by atoms with E-state index in [4.69, 9.17) is 4.74 Å². The largest absolute Gasteiger partial charge is 0.469 e. The number of carbonyl (C=O) groups excluding carboxylic acids is 1. The molecular formula is C20H23NO2. The molecule has 1 fully saturated rings. The van der Waals surface area contributed by atoms with Gasteiger partial charge in [0, 0.05) is 25.6 Å². The average Bonchev–Trinajstić information content (AvgIpc) is 2.99. The molecule has 1 saturated heterocycles. The molecule has 120 valence electrons. The van der Waals surface area contributed by atoms with Crippen molar-refractivity contribution in [2.45, 2.75) is 19.4 Å². The summed E-state index contributed by atoms with van der Waals surface area (Å²) >= 11 is 0. The molecule has 3 heteroatoms. The monoisotopic (exact) mass is 309 g/mol. The van der Waals surface area contributed by atoms with Gasteiger partial charge in [0.15, 0.2) is 0 Å². The van der Waals surface area contributed by atoms with E-state index in [2.05, 4.69) is 60.4 Å². The van der Waals surface area contributed by atoms with Crippen molar-refractivity contribution < 1.29 is 9.53 Å². The number of ether oxygens (including phenoxy) is 1. The zero-order valence-corrected chi connectivity index (χ0v) is 13.7. The summed E-state index contributed by atoms with van der Waals surface area (Å²) in [4.78, 5) is 14.6. The summed E-state index contributed by atoms with van der Waals surface area (Å²) in [5.41, 5.74) is 3.74. The lowest BCUT2D eigenvalue weighted by molar-refractivity contribution is -0.145. The van der Waals surface area contributed by atoms with Gasteiger partial charge in [-0.05, 0) is 18.1 Å². The Morgan fingerprint density at radius 1 is 1.13 bits per heavy atom. The smallest absolute Gasteiger partial charge is 0.310 e. The molecule has 0 N–H and O–H groups in total. The number of likely N-dealkylation sites (tertiary alicyclic amines) is 1. The third-order valence-electron chi connectivity index (χ3n) is 4.62. The second-order valence-electron chi connectivity index (χ2n) is 6.33. The van der Waals surface area contributed by atoms with Crippen LogP contribution in [0.15, 0.2) is 54.6 Å². The van der Waals surface area contributed by atoms with Crippen molar-refractivity contribution in [2.75, 3.05) is 20.2 Å². The van der Waals surface area contributed by atoms with Crippen molar-refractivity contribution in [1.82, 2.24) is 4.90 Å². The number of hydrogen-bond acceptors (Lipinski definition) is 3. The molecule has 0 saturated carbocycles. The SMILES string of the molecule is COC(=O)C1CN(Cc2ccccc2)CC1c1cccc(C)c1. The number of methoxy groups -OCH3 is 1. The summed E-state index contributed by atoms with van der Waals surface area (Å²) in [7, 11) is 1.48. The molecule has 0 spiro atoms. The molecule has 2 aromatic rings. The minimum atomic E-state index is -0.105. The molecule has 1 aliphatic heterocycles. The predicted octanol–water partition coefficient (Wildman–Crippen LogP) is 3.38. The lowest BCUT2D eigenvalue weighted by Crippen LogP contribution is -2.24. The molecule has 3 nitrogen and oxygen atoms in total. The first-order chi connectivity index (χ1) is 11.2. The van der Waals surface area contributed by atoms with E-state index < -0.39 is 0 Å². The molecule has 1 heterocycles. The highest BCUT2D eigenvalue weighted by Gasteiger charge is 2.39. The van der Waals surface area contributed by atoms with Gasteiger partial charge in [0.25, 0.3) is 0 Å². The number of carbonyl (C=O) groups is 1. The lowest BCUT2D eigenvalue weighted by atomic mass is 9.88. The van der Waals surface area contributed by atoms with Crippen LogP contribution in [0.2, 0.25) is 0 Å². The summed E-state index contributed by atoms with van der Waals surface area (Å²) in [6.45, 7) is 4.60. The standard InChI is InChI=1S/C20H23NO2/c1-15-7-6-10-17(11-15)18-13-21(14-19(18)20(22)23-2)12-16-8-4-3-5-9-16/h3-11,18-19H,12-14H2,1-2H3. The topological polar surface area (TPSA) is 29.5 Å². The molecular weight excluding hydrogens is 286 g/mol. The van der Waals surface area contributed by atoms with Crippen LogP contribution >= 0.6 is 0 Å². The van der Waals surface area contributed by atoms with Gasteiger partial charge in [0.1, 0.15) is 0 Å². The van der Waals surface area contributed by atoms with Crippen LogP contribution in [0.3, 0.4) is 0 Å². The first-order valence-electron chi connectivity index (χ1n) is 8.08. The second-order valence-corrected chi connectivity index (χ2v) is 6.33. The van der Waals surface area contributed by atoms with E-state index in [1.807, 2.05) is 6.07 Å². The summed E-state index contributed by atoms with van der Waals surface area (Å²) in [5, 5.41) is 0. The Morgan fingerprint density at radius 2 is 1.91 bits per heavy atom. The molecule has 0 bridgehead atoms. The number of aryl methyl sites for hydroxylation is 1. The second kappa shape index (κ2) is 6.97. The highest BCUT2D eigenvalue weighted by molar-refractivity contribution is 5.74. The van der Waals surface area contributed by atoms with E-state index in [0.29, 0.717) is 0 Å². The van der Waals surface area contributed by atoms with Gasteiger partial charge in [-0.15, -0.1) is 0 Å². The third kappa shape index (κ3) is 3.62. The normalized spacial score (nSPS) is 21.3. The number of rotatable bonds is 4. The van der Waals surface area contributed by atoms with Crippen molar-refractivity contribution in [1.29, 1.82) is 0 Å². The lowest BCUT2D eigenvalue weighted by Gasteiger charge is -2.17. The van der Waals surface area contributed by atoms with Crippen LogP contribution in [0.4, 0.5) is 0 Å². The maximum Gasteiger partial charge on any atom is 0.310 e. The van der Waals surface area contributed by atoms with Crippen molar-refractivity contribution >= 4 is 5.97 Å². The van der Waals surface area contributed by atoms with Crippen LogP contribution < -0.4 is 0 Å². The molecule has 2 unspecified atom stereocenters. The first-order valence-corrected chi connectivity index (χ1v) is 8.08. The van der Waals surface area contributed by atoms with Crippen LogP contribution in [-0.2, 0) is 16.1 Å². The number of nitrogens with zero attached hydrogens (tertiary/aromatic N) is 1. The van der Waals surface area contributed by atoms with Crippen LogP contribution in [0.25, 0.3) is 0 Å². The summed E-state index contributed by atoms with van der Waals surface area (Å²) < 4.78 is 5.05. The van der Waals surface area contributed by atoms with Gasteiger partial charge in [-0.1, -0.05) is 60.2 Å². The van der Waals surface area contributed by atoms with E-state index in [-0.39, 0.29) is 17.8 Å². The van der Waals surface area contributed by atoms with E-state index >= 15 is 0 Å². The first kappa shape index (κ1) is 15.8. The Kier molecular flexibility index (Phi) is 4.77. The molecule has 2 atom stereocenters. The molecule has 0 amide bonds. The third-order valence-corrected chi connectivity index (χ3v) is 4.62. The Morgan fingerprint density at radius 3 is 2.61 bits per heavy atom. The van der Waals surface area contributed by atoms with E-state index in [0.717, 1.165) is 19.6 Å². The Bertz CT molecular complexity index is 668. The van der Waals surface area contributed by atoms with E-state index in [1.165, 1.54) is 23.8 Å². The number of hydrogen-bond donors (Lipinski definition) is 0. The van der Waals surface area contributed by atoms with Crippen LogP contribution in [0, 0.1) is 12.8 Å². The summed E-state index contributed by atoms with van der Waals surface area (Å²) in [5.74, 6) is 0.00337. The molecule has 0 aromatic heterocycles. The van der Waals surface area contributed by atoms with Crippen LogP contribution in [0.1, 0.15) is 22.6 Å². The molecule has 1 aliphatic rings. The molecule has 2 aromatic carbocycles. The maximum atomic E-state index is 12.2. The van der Waals surface area contributed by atoms with Gasteiger partial charge in [0.2, 0.25) is 0 Å². The highest BCUT2D eigenvalue weighted by atomic mass is 16.5. The van der Waals surface area contributed by atoms with Crippen molar-refractivity contribution in [3.05, 3.63) is 71.3 Å². The van der Waals surface area contributed by atoms with Crippen molar-refractivity contribution in [3.63, 3.8) is 0 Å². The fraction of sp³-hybridized carbons (Fsp3) is 0.350. The molecule has 0 aliphatic carbocycles. The summed E-state index contributed by atoms with van der Waals surface area (Å²) in [6, 6.07) is 18.9. The zero-order chi connectivity index (χ0) is 16.2. The van der Waals surface area contributed by atoms with Gasteiger partial charge in [-0.25, -0.2) is 0 Å². The Balaban J connectivity index is 1.81. The van der Waals surface area contributed by atoms with Crippen molar-refractivity contribution in [2.24, 2.45) is 5.92 Å². The maximum absolute atomic E-state index is 12.2. The van der Waals surface area contributed by atoms with E-state index in [1.54, 1.807) is 0 Å². The predicted molar refractivity (Wildman–Crippen MR) is 91.1 cm³/mol. The number of esters is 1.